The number of hydrogen-bond acceptors (Lipinski definition) is 6. The number of likely N-dealkylation sites (tertiary alicyclic amines) is 1. The molecule has 3 fully saturated rings. The Balaban J connectivity index is 1.45. The molecule has 10 nitrogen and oxygen atoms in total. The van der Waals surface area contributed by atoms with Crippen LogP contribution in [-0.2, 0) is 10.3 Å². The maximum Gasteiger partial charge on any atom is 0.317 e. The number of hydrogen-bond donors (Lipinski definition) is 4. The van der Waals surface area contributed by atoms with E-state index in [9.17, 15) is 28.7 Å². The number of nitrogens with zero attached hydrogens (tertiary/aromatic N) is 4. The van der Waals surface area contributed by atoms with Gasteiger partial charge in [-0.25, -0.2) is 13.6 Å². The van der Waals surface area contributed by atoms with Crippen LogP contribution in [0.5, 0.6) is 0 Å². The van der Waals surface area contributed by atoms with Crippen molar-refractivity contribution in [2.45, 2.75) is 68.7 Å². The number of amides is 3. The molecule has 0 spiro atoms. The van der Waals surface area contributed by atoms with Crippen molar-refractivity contribution in [3.05, 3.63) is 11.8 Å². The Hall–Kier alpha value is -2.78. The number of urea groups is 1. The first-order valence-corrected chi connectivity index (χ1v) is 10.8. The second-order valence-electron chi connectivity index (χ2n) is 9.04. The minimum absolute atomic E-state index is 0.0617. The Morgan fingerprint density at radius 1 is 1.34 bits per heavy atom. The van der Waals surface area contributed by atoms with E-state index in [0.29, 0.717) is 25.9 Å². The number of aliphatic hydroxyl groups is 1. The quantitative estimate of drug-likeness (QED) is 0.480. The molecule has 1 aromatic rings. The Labute approximate surface area is 183 Å². The molecule has 0 radical (unpaired) electrons. The largest absolute Gasteiger partial charge is 0.374 e. The normalized spacial score (nSPS) is 23.0. The van der Waals surface area contributed by atoms with Gasteiger partial charge in [-0.05, 0) is 25.7 Å². The van der Waals surface area contributed by atoms with Gasteiger partial charge in [-0.1, -0.05) is 0 Å². The van der Waals surface area contributed by atoms with Crippen molar-refractivity contribution in [2.75, 3.05) is 18.4 Å². The van der Waals surface area contributed by atoms with Crippen LogP contribution in [0.4, 0.5) is 19.4 Å². The number of nitrogens with one attached hydrogen (secondary N) is 2. The van der Waals surface area contributed by atoms with Crippen LogP contribution in [0, 0.1) is 17.2 Å². The van der Waals surface area contributed by atoms with E-state index in [2.05, 4.69) is 21.8 Å². The molecule has 1 saturated heterocycles. The van der Waals surface area contributed by atoms with Crippen molar-refractivity contribution in [1.29, 1.82) is 5.26 Å². The van der Waals surface area contributed by atoms with Crippen molar-refractivity contribution in [3.8, 4) is 6.07 Å². The number of anilines is 1. The summed E-state index contributed by atoms with van der Waals surface area (Å²) >= 11 is 0. The molecule has 32 heavy (non-hydrogen) atoms. The highest BCUT2D eigenvalue weighted by molar-refractivity contribution is 5.93. The SMILES string of the molecule is N#CCC1(n2cc(C(N)O)c(NC(=O)C3CC3)n2)CCN(C(=O)NC2CC(F)(F)C2)CC1. The number of alkyl halides is 2. The molecular formula is C20H27F2N7O3. The number of nitrogens with two attached hydrogens (primary N) is 1. The van der Waals surface area contributed by atoms with Crippen LogP contribution >= 0.6 is 0 Å². The van der Waals surface area contributed by atoms with Gasteiger partial charge in [-0.3, -0.25) is 9.48 Å². The fraction of sp³-hybridized carbons (Fsp3) is 0.700. The van der Waals surface area contributed by atoms with E-state index >= 15 is 0 Å². The van der Waals surface area contributed by atoms with Crippen molar-refractivity contribution in [3.63, 3.8) is 0 Å². The maximum atomic E-state index is 13.0. The van der Waals surface area contributed by atoms with Crippen LogP contribution in [0.15, 0.2) is 6.20 Å². The standard InChI is InChI=1S/C20H27F2N7O3/c21-20(22)9-13(10-20)25-18(32)28-7-4-19(3-6-23,5-8-28)29-11-14(15(24)30)16(27-29)26-17(31)12-1-2-12/h11-13,15,30H,1-5,7-10,24H2,(H,25,32)(H,26,27,31). The minimum Gasteiger partial charge on any atom is -0.374 e. The molecule has 2 heterocycles. The summed E-state index contributed by atoms with van der Waals surface area (Å²) in [7, 11) is 0. The summed E-state index contributed by atoms with van der Waals surface area (Å²) in [5, 5.41) is 29.2. The second-order valence-corrected chi connectivity index (χ2v) is 9.04. The van der Waals surface area contributed by atoms with Gasteiger partial charge in [0.2, 0.25) is 5.91 Å². The Bertz CT molecular complexity index is 922. The van der Waals surface area contributed by atoms with Crippen LogP contribution in [0.1, 0.15) is 56.7 Å². The first kappa shape index (κ1) is 22.4. The smallest absolute Gasteiger partial charge is 0.317 e. The molecule has 3 amide bonds. The number of carbonyl (C=O) groups is 2. The van der Waals surface area contributed by atoms with E-state index in [1.807, 2.05) is 0 Å². The van der Waals surface area contributed by atoms with Crippen LogP contribution in [-0.4, -0.2) is 56.8 Å². The second kappa shape index (κ2) is 8.29. The van der Waals surface area contributed by atoms with Crippen LogP contribution in [0.3, 0.4) is 0 Å². The summed E-state index contributed by atoms with van der Waals surface area (Å²) in [4.78, 5) is 26.2. The van der Waals surface area contributed by atoms with E-state index in [-0.39, 0.29) is 42.5 Å². The summed E-state index contributed by atoms with van der Waals surface area (Å²) in [5.41, 5.74) is 5.16. The predicted octanol–water partition coefficient (Wildman–Crippen LogP) is 1.39. The summed E-state index contributed by atoms with van der Waals surface area (Å²) in [5.74, 6) is -2.78. The maximum absolute atomic E-state index is 13.0. The zero-order chi connectivity index (χ0) is 23.1. The molecule has 1 atom stereocenters. The summed E-state index contributed by atoms with van der Waals surface area (Å²) in [6.07, 6.45) is 1.99. The Morgan fingerprint density at radius 2 is 2.00 bits per heavy atom. The van der Waals surface area contributed by atoms with E-state index in [1.54, 1.807) is 9.58 Å². The minimum atomic E-state index is -2.71. The van der Waals surface area contributed by atoms with Gasteiger partial charge in [-0.15, -0.1) is 0 Å². The van der Waals surface area contributed by atoms with Crippen molar-refractivity contribution < 1.29 is 23.5 Å². The fourth-order valence-electron chi connectivity index (χ4n) is 4.30. The third-order valence-electron chi connectivity index (χ3n) is 6.54. The van der Waals surface area contributed by atoms with Crippen molar-refractivity contribution in [2.24, 2.45) is 11.7 Å². The van der Waals surface area contributed by atoms with Gasteiger partial charge >= 0.3 is 6.03 Å². The third-order valence-corrected chi connectivity index (χ3v) is 6.54. The van der Waals surface area contributed by atoms with Gasteiger partial charge < -0.3 is 26.4 Å². The molecule has 2 saturated carbocycles. The molecule has 12 heteroatoms. The van der Waals surface area contributed by atoms with Crippen molar-refractivity contribution >= 4 is 17.8 Å². The zero-order valence-electron chi connectivity index (χ0n) is 17.6. The molecule has 1 aliphatic heterocycles. The number of rotatable bonds is 6. The van der Waals surface area contributed by atoms with Crippen LogP contribution in [0.25, 0.3) is 0 Å². The Kier molecular flexibility index (Phi) is 5.81. The molecule has 4 rings (SSSR count). The van der Waals surface area contributed by atoms with Crippen LogP contribution in [0.2, 0.25) is 0 Å². The molecule has 1 unspecified atom stereocenters. The van der Waals surface area contributed by atoms with E-state index < -0.39 is 29.8 Å². The van der Waals surface area contributed by atoms with Crippen LogP contribution < -0.4 is 16.4 Å². The molecule has 2 aliphatic carbocycles. The molecule has 3 aliphatic rings. The first-order chi connectivity index (χ1) is 15.1. The lowest BCUT2D eigenvalue weighted by Gasteiger charge is -2.42. The third kappa shape index (κ3) is 4.54. The Morgan fingerprint density at radius 3 is 2.53 bits per heavy atom. The molecule has 5 N–H and O–H groups in total. The van der Waals surface area contributed by atoms with Gasteiger partial charge in [0.05, 0.1) is 23.6 Å². The number of aliphatic hydroxyl groups excluding tert-OH is 1. The zero-order valence-corrected chi connectivity index (χ0v) is 17.6. The molecule has 174 valence electrons. The highest BCUT2D eigenvalue weighted by atomic mass is 19.3. The fourth-order valence-corrected chi connectivity index (χ4v) is 4.30. The number of aromatic nitrogens is 2. The number of piperidine rings is 1. The summed E-state index contributed by atoms with van der Waals surface area (Å²) < 4.78 is 27.6. The van der Waals surface area contributed by atoms with E-state index in [4.69, 9.17) is 5.73 Å². The number of nitriles is 1. The first-order valence-electron chi connectivity index (χ1n) is 10.8. The van der Waals surface area contributed by atoms with E-state index in [0.717, 1.165) is 12.8 Å². The molecule has 0 aromatic carbocycles. The lowest BCUT2D eigenvalue weighted by atomic mass is 9.85. The van der Waals surface area contributed by atoms with Gasteiger partial charge in [-0.2, -0.15) is 10.4 Å². The summed E-state index contributed by atoms with van der Waals surface area (Å²) in [6, 6.07) is 1.24. The molecule has 0 bridgehead atoms. The average molecular weight is 451 g/mol. The molecular weight excluding hydrogens is 424 g/mol. The van der Waals surface area contributed by atoms with Gasteiger partial charge in [0, 0.05) is 44.1 Å². The molecule has 1 aromatic heterocycles. The number of carbonyl (C=O) groups excluding carboxylic acids is 2. The van der Waals surface area contributed by atoms with Gasteiger partial charge in [0.25, 0.3) is 5.92 Å². The lowest BCUT2D eigenvalue weighted by Crippen LogP contribution is -2.56. The average Bonchev–Trinajstić information content (AvgIpc) is 3.47. The highest BCUT2D eigenvalue weighted by Crippen LogP contribution is 2.38. The lowest BCUT2D eigenvalue weighted by molar-refractivity contribution is -0.117. The highest BCUT2D eigenvalue weighted by Gasteiger charge is 2.47. The van der Waals surface area contributed by atoms with E-state index in [1.165, 1.54) is 6.20 Å². The van der Waals surface area contributed by atoms with Crippen molar-refractivity contribution in [1.82, 2.24) is 20.0 Å². The van der Waals surface area contributed by atoms with Gasteiger partial charge in [0.15, 0.2) is 5.82 Å². The number of halogens is 2. The monoisotopic (exact) mass is 451 g/mol. The van der Waals surface area contributed by atoms with Gasteiger partial charge in [0.1, 0.15) is 6.23 Å². The predicted molar refractivity (Wildman–Crippen MR) is 108 cm³/mol. The topological polar surface area (TPSA) is 149 Å². The summed E-state index contributed by atoms with van der Waals surface area (Å²) in [6.45, 7) is 0.613.